The lowest BCUT2D eigenvalue weighted by Crippen LogP contribution is -2.31. The number of aromatic nitrogens is 2. The second kappa shape index (κ2) is 6.83. The Morgan fingerprint density at radius 3 is 2.68 bits per heavy atom. The van der Waals surface area contributed by atoms with Crippen molar-refractivity contribution in [2.75, 3.05) is 6.54 Å². The summed E-state index contributed by atoms with van der Waals surface area (Å²) in [6, 6.07) is 0. The first-order valence-electron chi connectivity index (χ1n) is 7.35. The molecule has 0 aliphatic carbocycles. The molecule has 0 bridgehead atoms. The Morgan fingerprint density at radius 1 is 1.41 bits per heavy atom. The van der Waals surface area contributed by atoms with Crippen molar-refractivity contribution in [3.63, 3.8) is 0 Å². The van der Waals surface area contributed by atoms with Crippen LogP contribution in [0.25, 0.3) is 10.2 Å². The first-order chi connectivity index (χ1) is 10.4. The molecule has 2 heterocycles. The standard InChI is InChI=1S/C15H21N3O2S2/c1-6-16-12(19)10(5)22-15-17-13-11(8(3)9(4)21-13)14(20)18(15)7-2/h10H,6-7H2,1-5H3,(H,16,19)/t10-/m1/s1. The Morgan fingerprint density at radius 2 is 2.09 bits per heavy atom. The van der Waals surface area contributed by atoms with Crippen LogP contribution in [0.4, 0.5) is 0 Å². The summed E-state index contributed by atoms with van der Waals surface area (Å²) in [6.07, 6.45) is 0. The second-order valence-electron chi connectivity index (χ2n) is 5.06. The van der Waals surface area contributed by atoms with Crippen LogP contribution in [0.2, 0.25) is 0 Å². The van der Waals surface area contributed by atoms with Crippen LogP contribution in [0.1, 0.15) is 31.2 Å². The number of carbonyl (C=O) groups is 1. The van der Waals surface area contributed by atoms with Crippen molar-refractivity contribution in [3.8, 4) is 0 Å². The van der Waals surface area contributed by atoms with Crippen LogP contribution >= 0.6 is 23.1 Å². The fraction of sp³-hybridized carbons (Fsp3) is 0.533. The van der Waals surface area contributed by atoms with Gasteiger partial charge in [-0.2, -0.15) is 0 Å². The summed E-state index contributed by atoms with van der Waals surface area (Å²) >= 11 is 2.87. The molecule has 2 aromatic heterocycles. The van der Waals surface area contributed by atoms with E-state index in [2.05, 4.69) is 10.3 Å². The highest BCUT2D eigenvalue weighted by Crippen LogP contribution is 2.29. The normalized spacial score (nSPS) is 12.6. The van der Waals surface area contributed by atoms with E-state index in [1.165, 1.54) is 23.1 Å². The molecule has 0 spiro atoms. The number of nitrogens with zero attached hydrogens (tertiary/aromatic N) is 2. The zero-order chi connectivity index (χ0) is 16.4. The number of rotatable bonds is 5. The third-order valence-corrected chi connectivity index (χ3v) is 5.76. The maximum absolute atomic E-state index is 12.7. The van der Waals surface area contributed by atoms with Crippen molar-refractivity contribution in [2.45, 2.75) is 51.6 Å². The van der Waals surface area contributed by atoms with Gasteiger partial charge in [0.15, 0.2) is 5.16 Å². The Labute approximate surface area is 138 Å². The summed E-state index contributed by atoms with van der Waals surface area (Å²) in [6.45, 7) is 10.7. The van der Waals surface area contributed by atoms with E-state index in [1.807, 2.05) is 34.6 Å². The largest absolute Gasteiger partial charge is 0.355 e. The minimum absolute atomic E-state index is 0.0139. The molecular weight excluding hydrogens is 318 g/mol. The fourth-order valence-electron chi connectivity index (χ4n) is 2.21. The van der Waals surface area contributed by atoms with Crippen LogP contribution in [0.5, 0.6) is 0 Å². The molecule has 1 N–H and O–H groups in total. The molecule has 0 aliphatic rings. The van der Waals surface area contributed by atoms with Gasteiger partial charge in [0.1, 0.15) is 4.83 Å². The highest BCUT2D eigenvalue weighted by molar-refractivity contribution is 8.00. The van der Waals surface area contributed by atoms with Gasteiger partial charge in [0, 0.05) is 18.0 Å². The SMILES string of the molecule is CCNC(=O)[C@@H](C)Sc1nc2sc(C)c(C)c2c(=O)n1CC. The predicted octanol–water partition coefficient (Wildman–Crippen LogP) is 2.71. The lowest BCUT2D eigenvalue weighted by molar-refractivity contribution is -0.120. The maximum Gasteiger partial charge on any atom is 0.263 e. The first kappa shape index (κ1) is 17.0. The highest BCUT2D eigenvalue weighted by atomic mass is 32.2. The Balaban J connectivity index is 2.50. The minimum atomic E-state index is -0.288. The number of aryl methyl sites for hydroxylation is 2. The Kier molecular flexibility index (Phi) is 5.28. The van der Waals surface area contributed by atoms with Gasteiger partial charge in [-0.1, -0.05) is 11.8 Å². The zero-order valence-electron chi connectivity index (χ0n) is 13.5. The molecule has 2 rings (SSSR count). The van der Waals surface area contributed by atoms with Crippen molar-refractivity contribution >= 4 is 39.2 Å². The maximum atomic E-state index is 12.7. The van der Waals surface area contributed by atoms with Gasteiger partial charge in [-0.25, -0.2) is 4.98 Å². The van der Waals surface area contributed by atoms with Crippen LogP contribution in [-0.2, 0) is 11.3 Å². The van der Waals surface area contributed by atoms with Gasteiger partial charge in [-0.15, -0.1) is 11.3 Å². The molecule has 120 valence electrons. The van der Waals surface area contributed by atoms with E-state index in [4.69, 9.17) is 0 Å². The van der Waals surface area contributed by atoms with Crippen molar-refractivity contribution < 1.29 is 4.79 Å². The van der Waals surface area contributed by atoms with Crippen LogP contribution in [-0.4, -0.2) is 27.3 Å². The Hall–Kier alpha value is -1.34. The summed E-state index contributed by atoms with van der Waals surface area (Å²) in [7, 11) is 0. The van der Waals surface area contributed by atoms with Crippen molar-refractivity contribution in [1.82, 2.24) is 14.9 Å². The number of thiophene rings is 1. The van der Waals surface area contributed by atoms with E-state index >= 15 is 0 Å². The minimum Gasteiger partial charge on any atom is -0.355 e. The smallest absolute Gasteiger partial charge is 0.263 e. The van der Waals surface area contributed by atoms with Gasteiger partial charge in [0.05, 0.1) is 10.6 Å². The highest BCUT2D eigenvalue weighted by Gasteiger charge is 2.20. The molecule has 0 unspecified atom stereocenters. The molecule has 0 saturated carbocycles. The number of carbonyl (C=O) groups excluding carboxylic acids is 1. The van der Waals surface area contributed by atoms with Gasteiger partial charge < -0.3 is 5.32 Å². The van der Waals surface area contributed by atoms with Crippen molar-refractivity contribution in [2.24, 2.45) is 0 Å². The predicted molar refractivity (Wildman–Crippen MR) is 93.0 cm³/mol. The van der Waals surface area contributed by atoms with Gasteiger partial charge in [-0.05, 0) is 40.2 Å². The molecule has 5 nitrogen and oxygen atoms in total. The summed E-state index contributed by atoms with van der Waals surface area (Å²) in [5.41, 5.74) is 0.993. The average molecular weight is 339 g/mol. The van der Waals surface area contributed by atoms with E-state index in [-0.39, 0.29) is 16.7 Å². The Bertz CT molecular complexity index is 764. The van der Waals surface area contributed by atoms with E-state index < -0.39 is 0 Å². The summed E-state index contributed by atoms with van der Waals surface area (Å²) < 4.78 is 1.65. The topological polar surface area (TPSA) is 64.0 Å². The van der Waals surface area contributed by atoms with Crippen LogP contribution in [0, 0.1) is 13.8 Å². The number of hydrogen-bond acceptors (Lipinski definition) is 5. The number of thioether (sulfide) groups is 1. The van der Waals surface area contributed by atoms with E-state index in [0.717, 1.165) is 15.3 Å². The molecule has 0 aromatic carbocycles. The quantitative estimate of drug-likeness (QED) is 0.672. The van der Waals surface area contributed by atoms with Gasteiger partial charge >= 0.3 is 0 Å². The number of amides is 1. The molecule has 0 radical (unpaired) electrons. The molecule has 1 atom stereocenters. The van der Waals surface area contributed by atoms with Crippen LogP contribution in [0.3, 0.4) is 0 Å². The van der Waals surface area contributed by atoms with Crippen LogP contribution in [0.15, 0.2) is 9.95 Å². The number of nitrogens with one attached hydrogen (secondary N) is 1. The fourth-order valence-corrected chi connectivity index (χ4v) is 4.27. The first-order valence-corrected chi connectivity index (χ1v) is 9.05. The van der Waals surface area contributed by atoms with Crippen molar-refractivity contribution in [3.05, 3.63) is 20.8 Å². The number of fused-ring (bicyclic) bond motifs is 1. The third kappa shape index (κ3) is 3.05. The van der Waals surface area contributed by atoms with Gasteiger partial charge in [-0.3, -0.25) is 14.2 Å². The van der Waals surface area contributed by atoms with Crippen LogP contribution < -0.4 is 10.9 Å². The van der Waals surface area contributed by atoms with Gasteiger partial charge in [0.2, 0.25) is 5.91 Å². The molecule has 7 heteroatoms. The molecule has 22 heavy (non-hydrogen) atoms. The van der Waals surface area contributed by atoms with Crippen molar-refractivity contribution in [1.29, 1.82) is 0 Å². The average Bonchev–Trinajstić information content (AvgIpc) is 2.74. The summed E-state index contributed by atoms with van der Waals surface area (Å²) in [4.78, 5) is 31.1. The molecule has 0 saturated heterocycles. The molecule has 2 aromatic rings. The summed E-state index contributed by atoms with van der Waals surface area (Å²) in [5.74, 6) is -0.0389. The monoisotopic (exact) mass is 339 g/mol. The molecular formula is C15H21N3O2S2. The van der Waals surface area contributed by atoms with Gasteiger partial charge in [0.25, 0.3) is 5.56 Å². The summed E-state index contributed by atoms with van der Waals surface area (Å²) in [5, 5.41) is 3.83. The molecule has 0 fully saturated rings. The zero-order valence-corrected chi connectivity index (χ0v) is 15.2. The molecule has 1 amide bonds. The third-order valence-electron chi connectivity index (χ3n) is 3.57. The lowest BCUT2D eigenvalue weighted by atomic mass is 10.2. The molecule has 0 aliphatic heterocycles. The second-order valence-corrected chi connectivity index (χ2v) is 7.57. The van der Waals surface area contributed by atoms with E-state index in [9.17, 15) is 9.59 Å². The van der Waals surface area contributed by atoms with E-state index in [0.29, 0.717) is 23.6 Å². The van der Waals surface area contributed by atoms with E-state index in [1.54, 1.807) is 4.57 Å². The number of hydrogen-bond donors (Lipinski definition) is 1. The lowest BCUT2D eigenvalue weighted by Gasteiger charge is -2.14.